The number of rotatable bonds is 5. The maximum Gasteiger partial charge on any atom is 0.293 e. The minimum absolute atomic E-state index is 0.0442. The van der Waals surface area contributed by atoms with Crippen LogP contribution in [0, 0.1) is 11.8 Å². The van der Waals surface area contributed by atoms with Crippen molar-refractivity contribution in [2.75, 3.05) is 11.9 Å². The van der Waals surface area contributed by atoms with Gasteiger partial charge in [0.2, 0.25) is 0 Å². The molecule has 2 atom stereocenters. The van der Waals surface area contributed by atoms with Crippen LogP contribution in [0.15, 0.2) is 17.2 Å². The first-order valence-corrected chi connectivity index (χ1v) is 7.99. The van der Waals surface area contributed by atoms with Gasteiger partial charge in [0, 0.05) is 25.5 Å². The highest BCUT2D eigenvalue weighted by Crippen LogP contribution is 2.33. The van der Waals surface area contributed by atoms with Crippen molar-refractivity contribution >= 4 is 5.82 Å². The third-order valence-electron chi connectivity index (χ3n) is 4.34. The predicted octanol–water partition coefficient (Wildman–Crippen LogP) is 2.22. The second kappa shape index (κ2) is 6.60. The van der Waals surface area contributed by atoms with E-state index in [4.69, 9.17) is 5.73 Å². The van der Waals surface area contributed by atoms with Crippen molar-refractivity contribution in [3.05, 3.63) is 22.7 Å². The van der Waals surface area contributed by atoms with Crippen molar-refractivity contribution in [3.63, 3.8) is 0 Å². The van der Waals surface area contributed by atoms with E-state index in [0.717, 1.165) is 19.3 Å². The third-order valence-corrected chi connectivity index (χ3v) is 4.34. The Hall–Kier alpha value is -1.36. The Kier molecular flexibility index (Phi) is 5.04. The first-order valence-electron chi connectivity index (χ1n) is 7.99. The zero-order valence-electron chi connectivity index (χ0n) is 13.4. The van der Waals surface area contributed by atoms with E-state index < -0.39 is 0 Å². The molecular weight excluding hydrogens is 264 g/mol. The van der Waals surface area contributed by atoms with Gasteiger partial charge in [-0.2, -0.15) is 0 Å². The molecule has 2 rings (SSSR count). The molecule has 1 aromatic heterocycles. The van der Waals surface area contributed by atoms with E-state index in [1.807, 2.05) is 0 Å². The Labute approximate surface area is 127 Å². The smallest absolute Gasteiger partial charge is 0.293 e. The number of anilines is 1. The summed E-state index contributed by atoms with van der Waals surface area (Å²) in [5.41, 5.74) is 5.79. The highest BCUT2D eigenvalue weighted by atomic mass is 16.1. The Bertz CT molecular complexity index is 525. The Morgan fingerprint density at radius 3 is 2.95 bits per heavy atom. The lowest BCUT2D eigenvalue weighted by atomic mass is 9.76. The maximum atomic E-state index is 12.5. The zero-order chi connectivity index (χ0) is 15.5. The first kappa shape index (κ1) is 16.0. The third kappa shape index (κ3) is 3.84. The summed E-state index contributed by atoms with van der Waals surface area (Å²) in [6.45, 7) is 7.70. The van der Waals surface area contributed by atoms with Gasteiger partial charge in [-0.1, -0.05) is 33.6 Å². The molecule has 5 nitrogen and oxygen atoms in total. The normalized spacial score (nSPS) is 26.0. The summed E-state index contributed by atoms with van der Waals surface area (Å²) in [6, 6.07) is 0. The quantitative estimate of drug-likeness (QED) is 0.873. The predicted molar refractivity (Wildman–Crippen MR) is 86.4 cm³/mol. The van der Waals surface area contributed by atoms with Crippen LogP contribution in [-0.4, -0.2) is 21.6 Å². The van der Waals surface area contributed by atoms with Crippen LogP contribution >= 0.6 is 0 Å². The summed E-state index contributed by atoms with van der Waals surface area (Å²) in [4.78, 5) is 16.8. The summed E-state index contributed by atoms with van der Waals surface area (Å²) in [7, 11) is 0. The summed E-state index contributed by atoms with van der Waals surface area (Å²) < 4.78 is 1.73. The molecule has 0 amide bonds. The number of nitrogens with one attached hydrogen (secondary N) is 1. The fraction of sp³-hybridized carbons (Fsp3) is 0.750. The molecule has 3 N–H and O–H groups in total. The van der Waals surface area contributed by atoms with Gasteiger partial charge in [0.1, 0.15) is 0 Å². The summed E-state index contributed by atoms with van der Waals surface area (Å²) in [5.74, 6) is 1.50. The molecule has 1 saturated carbocycles. The molecule has 21 heavy (non-hydrogen) atoms. The fourth-order valence-electron chi connectivity index (χ4n) is 3.33. The molecule has 1 aromatic rings. The summed E-state index contributed by atoms with van der Waals surface area (Å²) in [5, 5.41) is 3.39. The molecule has 0 aliphatic heterocycles. The monoisotopic (exact) mass is 292 g/mol. The van der Waals surface area contributed by atoms with Crippen LogP contribution in [-0.2, 0) is 6.54 Å². The van der Waals surface area contributed by atoms with Crippen molar-refractivity contribution in [2.24, 2.45) is 17.6 Å². The van der Waals surface area contributed by atoms with E-state index in [0.29, 0.717) is 30.7 Å². The fourth-order valence-corrected chi connectivity index (χ4v) is 3.33. The van der Waals surface area contributed by atoms with Crippen LogP contribution in [0.1, 0.15) is 46.5 Å². The molecule has 0 bridgehead atoms. The van der Waals surface area contributed by atoms with E-state index in [2.05, 4.69) is 31.1 Å². The van der Waals surface area contributed by atoms with E-state index >= 15 is 0 Å². The molecule has 0 saturated heterocycles. The topological polar surface area (TPSA) is 72.9 Å². The molecule has 1 fully saturated rings. The standard InChI is InChI=1S/C16H28N4O/c1-12(2)10-20-8-7-18-14(15(20)21)19-16(11-17)6-4-5-13(3)9-16/h7-8,12-13H,4-6,9-11,17H2,1-3H3,(H,18,19). The van der Waals surface area contributed by atoms with Gasteiger partial charge in [0.25, 0.3) is 5.56 Å². The molecule has 0 spiro atoms. The van der Waals surface area contributed by atoms with Crippen molar-refractivity contribution in [1.82, 2.24) is 9.55 Å². The lowest BCUT2D eigenvalue weighted by Crippen LogP contribution is -2.50. The lowest BCUT2D eigenvalue weighted by Gasteiger charge is -2.40. The Morgan fingerprint density at radius 2 is 2.33 bits per heavy atom. The zero-order valence-corrected chi connectivity index (χ0v) is 13.4. The second-order valence-electron chi connectivity index (χ2n) is 6.94. The highest BCUT2D eigenvalue weighted by Gasteiger charge is 2.34. The van der Waals surface area contributed by atoms with E-state index in [1.165, 1.54) is 6.42 Å². The minimum atomic E-state index is -0.180. The van der Waals surface area contributed by atoms with Crippen LogP contribution in [0.4, 0.5) is 5.82 Å². The Balaban J connectivity index is 2.23. The molecule has 0 aromatic carbocycles. The van der Waals surface area contributed by atoms with E-state index in [9.17, 15) is 4.79 Å². The molecule has 1 aliphatic carbocycles. The average molecular weight is 292 g/mol. The first-order chi connectivity index (χ1) is 9.96. The van der Waals surface area contributed by atoms with Gasteiger partial charge < -0.3 is 15.6 Å². The van der Waals surface area contributed by atoms with Gasteiger partial charge >= 0.3 is 0 Å². The minimum Gasteiger partial charge on any atom is -0.359 e. The van der Waals surface area contributed by atoms with Crippen molar-refractivity contribution in [2.45, 2.75) is 58.5 Å². The van der Waals surface area contributed by atoms with E-state index in [1.54, 1.807) is 17.0 Å². The van der Waals surface area contributed by atoms with Gasteiger partial charge in [0.15, 0.2) is 5.82 Å². The van der Waals surface area contributed by atoms with Gasteiger partial charge in [-0.05, 0) is 24.7 Å². The number of aromatic nitrogens is 2. The van der Waals surface area contributed by atoms with Crippen molar-refractivity contribution in [1.29, 1.82) is 0 Å². The van der Waals surface area contributed by atoms with Gasteiger partial charge in [-0.25, -0.2) is 4.98 Å². The highest BCUT2D eigenvalue weighted by molar-refractivity contribution is 5.35. The molecule has 2 unspecified atom stereocenters. The van der Waals surface area contributed by atoms with Gasteiger partial charge in [0.05, 0.1) is 5.54 Å². The maximum absolute atomic E-state index is 12.5. The molecular formula is C16H28N4O. The number of nitrogens with two attached hydrogens (primary N) is 1. The molecule has 118 valence electrons. The summed E-state index contributed by atoms with van der Waals surface area (Å²) >= 11 is 0. The van der Waals surface area contributed by atoms with Crippen LogP contribution < -0.4 is 16.6 Å². The Morgan fingerprint density at radius 1 is 1.57 bits per heavy atom. The second-order valence-corrected chi connectivity index (χ2v) is 6.94. The van der Waals surface area contributed by atoms with Gasteiger partial charge in [-0.3, -0.25) is 4.79 Å². The molecule has 0 radical (unpaired) electrons. The summed E-state index contributed by atoms with van der Waals surface area (Å²) in [6.07, 6.45) is 7.86. The van der Waals surface area contributed by atoms with E-state index in [-0.39, 0.29) is 11.1 Å². The van der Waals surface area contributed by atoms with Crippen LogP contribution in [0.2, 0.25) is 0 Å². The largest absolute Gasteiger partial charge is 0.359 e. The van der Waals surface area contributed by atoms with Crippen LogP contribution in [0.3, 0.4) is 0 Å². The SMILES string of the molecule is CC(C)Cn1ccnc(NC2(CN)CCCC(C)C2)c1=O. The number of hydrogen-bond acceptors (Lipinski definition) is 4. The molecule has 5 heteroatoms. The van der Waals surface area contributed by atoms with Crippen LogP contribution in [0.5, 0.6) is 0 Å². The van der Waals surface area contributed by atoms with Crippen molar-refractivity contribution < 1.29 is 0 Å². The molecule has 1 heterocycles. The number of hydrogen-bond donors (Lipinski definition) is 2. The number of nitrogens with zero attached hydrogens (tertiary/aromatic N) is 2. The van der Waals surface area contributed by atoms with Gasteiger partial charge in [-0.15, -0.1) is 0 Å². The lowest BCUT2D eigenvalue weighted by molar-refractivity contribution is 0.263. The van der Waals surface area contributed by atoms with Crippen LogP contribution in [0.25, 0.3) is 0 Å². The van der Waals surface area contributed by atoms with Crippen molar-refractivity contribution in [3.8, 4) is 0 Å². The average Bonchev–Trinajstić information content (AvgIpc) is 2.43. The molecule has 1 aliphatic rings.